The van der Waals surface area contributed by atoms with Gasteiger partial charge < -0.3 is 10.6 Å². The van der Waals surface area contributed by atoms with Gasteiger partial charge in [0.1, 0.15) is 5.82 Å². The van der Waals surface area contributed by atoms with Gasteiger partial charge in [-0.3, -0.25) is 4.79 Å². The predicted octanol–water partition coefficient (Wildman–Crippen LogP) is 5.29. The molecule has 1 atom stereocenters. The monoisotopic (exact) mass is 335 g/mol. The van der Waals surface area contributed by atoms with Crippen LogP contribution < -0.4 is 10.6 Å². The molecule has 1 unspecified atom stereocenters. The summed E-state index contributed by atoms with van der Waals surface area (Å²) in [4.78, 5) is 17.0. The second-order valence-electron chi connectivity index (χ2n) is 6.40. The highest BCUT2D eigenvalue weighted by atomic mass is 16.1. The molecular formula is C21H25N3O. The number of amides is 1. The van der Waals surface area contributed by atoms with Gasteiger partial charge in [-0.15, -0.1) is 0 Å². The normalized spacial score (nSPS) is 15.2. The number of allylic oxidation sites excluding steroid dienone is 1. The minimum Gasteiger partial charge on any atom is -0.340 e. The molecular weight excluding hydrogens is 310 g/mol. The Hall–Kier alpha value is -2.62. The van der Waals surface area contributed by atoms with Crippen LogP contribution in [0.4, 0.5) is 17.2 Å². The fourth-order valence-corrected chi connectivity index (χ4v) is 3.24. The SMILES string of the molecule is CCC(C(=O)Nc1ccc(Nc2ccccc2)nc1)C1=CCCCC1. The average molecular weight is 335 g/mol. The van der Waals surface area contributed by atoms with Crippen molar-refractivity contribution in [1.29, 1.82) is 0 Å². The van der Waals surface area contributed by atoms with E-state index < -0.39 is 0 Å². The summed E-state index contributed by atoms with van der Waals surface area (Å²) in [5.41, 5.74) is 3.02. The van der Waals surface area contributed by atoms with E-state index in [-0.39, 0.29) is 11.8 Å². The lowest BCUT2D eigenvalue weighted by Gasteiger charge is -2.21. The first-order chi connectivity index (χ1) is 12.3. The van der Waals surface area contributed by atoms with E-state index in [1.807, 2.05) is 42.5 Å². The van der Waals surface area contributed by atoms with Gasteiger partial charge in [0.15, 0.2) is 0 Å². The summed E-state index contributed by atoms with van der Waals surface area (Å²) in [5.74, 6) is 0.801. The maximum Gasteiger partial charge on any atom is 0.231 e. The lowest BCUT2D eigenvalue weighted by molar-refractivity contribution is -0.119. The predicted molar refractivity (Wildman–Crippen MR) is 103 cm³/mol. The molecule has 0 radical (unpaired) electrons. The van der Waals surface area contributed by atoms with Gasteiger partial charge in [-0.05, 0) is 56.4 Å². The summed E-state index contributed by atoms with van der Waals surface area (Å²) in [6, 6.07) is 13.7. The molecule has 0 saturated carbocycles. The van der Waals surface area contributed by atoms with Gasteiger partial charge in [0.25, 0.3) is 0 Å². The molecule has 1 heterocycles. The van der Waals surface area contributed by atoms with E-state index in [1.54, 1.807) is 6.20 Å². The third-order valence-electron chi connectivity index (χ3n) is 4.58. The Bertz CT molecular complexity index is 723. The lowest BCUT2D eigenvalue weighted by Crippen LogP contribution is -2.24. The number of para-hydroxylation sites is 1. The summed E-state index contributed by atoms with van der Waals surface area (Å²) in [6.45, 7) is 2.07. The zero-order valence-corrected chi connectivity index (χ0v) is 14.7. The molecule has 4 nitrogen and oxygen atoms in total. The van der Waals surface area contributed by atoms with Crippen molar-refractivity contribution < 1.29 is 4.79 Å². The molecule has 4 heteroatoms. The molecule has 2 N–H and O–H groups in total. The van der Waals surface area contributed by atoms with Crippen LogP contribution in [0.3, 0.4) is 0 Å². The van der Waals surface area contributed by atoms with Crippen LogP contribution in [0.1, 0.15) is 39.0 Å². The summed E-state index contributed by atoms with van der Waals surface area (Å²) < 4.78 is 0. The number of carbonyl (C=O) groups excluding carboxylic acids is 1. The standard InChI is InChI=1S/C21H25N3O/c1-2-19(16-9-5-3-6-10-16)21(25)24-18-13-14-20(22-15-18)23-17-11-7-4-8-12-17/h4,7-9,11-15,19H,2-3,5-6,10H2,1H3,(H,22,23)(H,24,25). The number of carbonyl (C=O) groups is 1. The number of pyridine rings is 1. The third-order valence-corrected chi connectivity index (χ3v) is 4.58. The van der Waals surface area contributed by atoms with Crippen molar-refractivity contribution in [3.8, 4) is 0 Å². The van der Waals surface area contributed by atoms with E-state index >= 15 is 0 Å². The number of anilines is 3. The van der Waals surface area contributed by atoms with Gasteiger partial charge in [-0.2, -0.15) is 0 Å². The first-order valence-electron chi connectivity index (χ1n) is 9.04. The molecule has 1 aliphatic carbocycles. The molecule has 1 amide bonds. The number of nitrogens with one attached hydrogen (secondary N) is 2. The van der Waals surface area contributed by atoms with Crippen molar-refractivity contribution in [2.24, 2.45) is 5.92 Å². The van der Waals surface area contributed by atoms with Gasteiger partial charge in [0.2, 0.25) is 5.91 Å². The Morgan fingerprint density at radius 2 is 1.96 bits per heavy atom. The molecule has 0 fully saturated rings. The van der Waals surface area contributed by atoms with E-state index in [0.717, 1.165) is 36.5 Å². The highest BCUT2D eigenvalue weighted by molar-refractivity contribution is 5.94. The van der Waals surface area contributed by atoms with Crippen LogP contribution in [0.2, 0.25) is 0 Å². The Morgan fingerprint density at radius 1 is 1.12 bits per heavy atom. The molecule has 0 bridgehead atoms. The molecule has 0 aliphatic heterocycles. The maximum atomic E-state index is 12.6. The van der Waals surface area contributed by atoms with E-state index in [9.17, 15) is 4.79 Å². The number of hydrogen-bond acceptors (Lipinski definition) is 3. The Kier molecular flexibility index (Phi) is 5.83. The molecule has 1 aromatic carbocycles. The molecule has 1 aromatic heterocycles. The highest BCUT2D eigenvalue weighted by Crippen LogP contribution is 2.27. The molecule has 0 saturated heterocycles. The summed E-state index contributed by atoms with van der Waals surface area (Å²) in [7, 11) is 0. The molecule has 2 aromatic rings. The first-order valence-corrected chi connectivity index (χ1v) is 9.04. The van der Waals surface area contributed by atoms with Gasteiger partial charge in [0.05, 0.1) is 17.8 Å². The fourth-order valence-electron chi connectivity index (χ4n) is 3.24. The number of rotatable bonds is 6. The number of hydrogen-bond donors (Lipinski definition) is 2. The van der Waals surface area contributed by atoms with Crippen LogP contribution in [0, 0.1) is 5.92 Å². The van der Waals surface area contributed by atoms with Gasteiger partial charge in [-0.1, -0.05) is 36.8 Å². The van der Waals surface area contributed by atoms with Crippen molar-refractivity contribution in [3.05, 3.63) is 60.3 Å². The first kappa shape index (κ1) is 17.2. The van der Waals surface area contributed by atoms with Crippen LogP contribution in [0.5, 0.6) is 0 Å². The number of nitrogens with zero attached hydrogens (tertiary/aromatic N) is 1. The van der Waals surface area contributed by atoms with Crippen LogP contribution >= 0.6 is 0 Å². The molecule has 3 rings (SSSR count). The molecule has 130 valence electrons. The largest absolute Gasteiger partial charge is 0.340 e. The van der Waals surface area contributed by atoms with Gasteiger partial charge in [0, 0.05) is 5.69 Å². The average Bonchev–Trinajstić information content (AvgIpc) is 2.66. The van der Waals surface area contributed by atoms with Crippen molar-refractivity contribution in [2.75, 3.05) is 10.6 Å². The quantitative estimate of drug-likeness (QED) is 0.705. The van der Waals surface area contributed by atoms with E-state index in [4.69, 9.17) is 0 Å². The smallest absolute Gasteiger partial charge is 0.231 e. The van der Waals surface area contributed by atoms with Gasteiger partial charge >= 0.3 is 0 Å². The second-order valence-corrected chi connectivity index (χ2v) is 6.40. The van der Waals surface area contributed by atoms with Crippen molar-refractivity contribution in [3.63, 3.8) is 0 Å². The zero-order valence-electron chi connectivity index (χ0n) is 14.7. The Morgan fingerprint density at radius 3 is 2.60 bits per heavy atom. The van der Waals surface area contributed by atoms with Crippen molar-refractivity contribution in [1.82, 2.24) is 4.98 Å². The van der Waals surface area contributed by atoms with Crippen LogP contribution in [0.25, 0.3) is 0 Å². The summed E-state index contributed by atoms with van der Waals surface area (Å²) >= 11 is 0. The second kappa shape index (κ2) is 8.47. The van der Waals surface area contributed by atoms with Crippen molar-refractivity contribution >= 4 is 23.1 Å². The summed E-state index contributed by atoms with van der Waals surface area (Å²) in [5, 5.41) is 6.25. The molecule has 1 aliphatic rings. The Labute approximate surface area is 149 Å². The lowest BCUT2D eigenvalue weighted by atomic mass is 9.87. The number of aromatic nitrogens is 1. The minimum absolute atomic E-state index is 0.0255. The van der Waals surface area contributed by atoms with Crippen molar-refractivity contribution in [2.45, 2.75) is 39.0 Å². The van der Waals surface area contributed by atoms with Crippen LogP contribution in [0.15, 0.2) is 60.3 Å². The molecule has 25 heavy (non-hydrogen) atoms. The van der Waals surface area contributed by atoms with E-state index in [0.29, 0.717) is 0 Å². The van der Waals surface area contributed by atoms with E-state index in [1.165, 1.54) is 18.4 Å². The third kappa shape index (κ3) is 4.69. The van der Waals surface area contributed by atoms with E-state index in [2.05, 4.69) is 28.6 Å². The topological polar surface area (TPSA) is 54.0 Å². The number of benzene rings is 1. The zero-order chi connectivity index (χ0) is 17.5. The van der Waals surface area contributed by atoms with Crippen LogP contribution in [-0.4, -0.2) is 10.9 Å². The maximum absolute atomic E-state index is 12.6. The Balaban J connectivity index is 1.62. The fraction of sp³-hybridized carbons (Fsp3) is 0.333. The highest BCUT2D eigenvalue weighted by Gasteiger charge is 2.22. The van der Waals surface area contributed by atoms with Gasteiger partial charge in [-0.25, -0.2) is 4.98 Å². The minimum atomic E-state index is -0.0255. The van der Waals surface area contributed by atoms with Crippen LogP contribution in [-0.2, 0) is 4.79 Å². The summed E-state index contributed by atoms with van der Waals surface area (Å²) in [6.07, 6.45) is 9.36. The molecule has 0 spiro atoms.